The molecule has 3 aliphatic rings. The van der Waals surface area contributed by atoms with Gasteiger partial charge < -0.3 is 14.4 Å². The Hall–Kier alpha value is -1.98. The molecule has 2 heterocycles. The number of rotatable bonds is 5. The number of nitrogens with zero attached hydrogens (tertiary/aromatic N) is 1. The van der Waals surface area contributed by atoms with E-state index in [-0.39, 0.29) is 23.2 Å². The summed E-state index contributed by atoms with van der Waals surface area (Å²) in [7, 11) is 0. The number of hydrogen-bond donors (Lipinski definition) is 0. The molecule has 4 nitrogen and oxygen atoms in total. The average molecular weight is 452 g/mol. The zero-order chi connectivity index (χ0) is 21.8. The predicted molar refractivity (Wildman–Crippen MR) is 128 cm³/mol. The number of carbonyl (C=O) groups excluding carboxylic acids is 1. The van der Waals surface area contributed by atoms with E-state index in [1.807, 2.05) is 47.0 Å². The highest BCUT2D eigenvalue weighted by molar-refractivity contribution is 8.00. The van der Waals surface area contributed by atoms with Crippen molar-refractivity contribution in [2.24, 2.45) is 5.92 Å². The number of hydrogen-bond acceptors (Lipinski definition) is 4. The minimum absolute atomic E-state index is 0.0499. The summed E-state index contributed by atoms with van der Waals surface area (Å²) in [6.07, 6.45) is 8.19. The van der Waals surface area contributed by atoms with Crippen LogP contribution >= 0.6 is 11.8 Å². The van der Waals surface area contributed by atoms with Crippen molar-refractivity contribution in [3.8, 4) is 0 Å². The third-order valence-corrected chi connectivity index (χ3v) is 8.86. The van der Waals surface area contributed by atoms with Crippen LogP contribution in [0.5, 0.6) is 0 Å². The van der Waals surface area contributed by atoms with Gasteiger partial charge in [-0.2, -0.15) is 0 Å². The molecule has 1 saturated carbocycles. The molecule has 3 atom stereocenters. The van der Waals surface area contributed by atoms with Gasteiger partial charge in [-0.15, -0.1) is 11.8 Å². The van der Waals surface area contributed by atoms with Gasteiger partial charge in [0.2, 0.25) is 0 Å². The first-order chi connectivity index (χ1) is 15.8. The lowest BCUT2D eigenvalue weighted by Gasteiger charge is -2.40. The Morgan fingerprint density at radius 1 is 0.969 bits per heavy atom. The fraction of sp³-hybridized carbons (Fsp3) is 0.519. The Balaban J connectivity index is 1.30. The van der Waals surface area contributed by atoms with E-state index in [1.54, 1.807) is 0 Å². The minimum Gasteiger partial charge on any atom is -0.445 e. The van der Waals surface area contributed by atoms with Crippen LogP contribution < -0.4 is 0 Å². The molecule has 0 aromatic heterocycles. The number of amides is 1. The first-order valence-electron chi connectivity index (χ1n) is 12.1. The van der Waals surface area contributed by atoms with Crippen LogP contribution in [0.3, 0.4) is 0 Å². The molecule has 1 aliphatic carbocycles. The summed E-state index contributed by atoms with van der Waals surface area (Å²) in [6.45, 7) is 1.07. The van der Waals surface area contributed by atoms with Crippen molar-refractivity contribution >= 4 is 17.9 Å². The quantitative estimate of drug-likeness (QED) is 0.531. The van der Waals surface area contributed by atoms with E-state index < -0.39 is 0 Å². The van der Waals surface area contributed by atoms with Gasteiger partial charge in [0, 0.05) is 18.2 Å². The van der Waals surface area contributed by atoms with Crippen LogP contribution in [-0.2, 0) is 21.0 Å². The van der Waals surface area contributed by atoms with Gasteiger partial charge in [0.25, 0.3) is 0 Å². The highest BCUT2D eigenvalue weighted by Gasteiger charge is 2.52. The van der Waals surface area contributed by atoms with Crippen LogP contribution in [0.4, 0.5) is 4.79 Å². The van der Waals surface area contributed by atoms with Gasteiger partial charge >= 0.3 is 6.09 Å². The fourth-order valence-corrected chi connectivity index (χ4v) is 7.32. The minimum atomic E-state index is -0.283. The third kappa shape index (κ3) is 4.42. The van der Waals surface area contributed by atoms with Crippen LogP contribution in [0.25, 0.3) is 0 Å². The largest absolute Gasteiger partial charge is 0.445 e. The Morgan fingerprint density at radius 3 is 2.44 bits per heavy atom. The lowest BCUT2D eigenvalue weighted by atomic mass is 9.82. The molecule has 2 saturated heterocycles. The molecular weight excluding hydrogens is 418 g/mol. The van der Waals surface area contributed by atoms with E-state index in [4.69, 9.17) is 9.47 Å². The predicted octanol–water partition coefficient (Wildman–Crippen LogP) is 6.35. The molecular formula is C27H33NO3S. The van der Waals surface area contributed by atoms with Crippen molar-refractivity contribution in [2.75, 3.05) is 12.3 Å². The second-order valence-electron chi connectivity index (χ2n) is 9.28. The van der Waals surface area contributed by atoms with E-state index in [0.29, 0.717) is 12.5 Å². The number of thioether (sulfide) groups is 1. The van der Waals surface area contributed by atoms with Crippen LogP contribution in [0.15, 0.2) is 60.7 Å². The summed E-state index contributed by atoms with van der Waals surface area (Å²) >= 11 is 1.97. The van der Waals surface area contributed by atoms with E-state index in [1.165, 1.54) is 37.7 Å². The monoisotopic (exact) mass is 451 g/mol. The molecule has 0 spiro atoms. The van der Waals surface area contributed by atoms with Gasteiger partial charge in [-0.25, -0.2) is 4.79 Å². The fourth-order valence-electron chi connectivity index (χ4n) is 5.65. The molecule has 2 aromatic carbocycles. The Labute approximate surface area is 195 Å². The molecule has 5 rings (SSSR count). The van der Waals surface area contributed by atoms with Crippen molar-refractivity contribution in [3.05, 3.63) is 71.8 Å². The molecule has 32 heavy (non-hydrogen) atoms. The summed E-state index contributed by atoms with van der Waals surface area (Å²) in [4.78, 5) is 14.6. The molecule has 0 N–H and O–H groups in total. The lowest BCUT2D eigenvalue weighted by Crippen LogP contribution is -2.45. The number of ether oxygens (including phenoxy) is 2. The molecule has 0 bridgehead atoms. The third-order valence-electron chi connectivity index (χ3n) is 7.28. The van der Waals surface area contributed by atoms with E-state index >= 15 is 0 Å². The first kappa shape index (κ1) is 21.8. The smallest absolute Gasteiger partial charge is 0.410 e. The molecule has 5 heteroatoms. The Kier molecular flexibility index (Phi) is 6.74. The summed E-state index contributed by atoms with van der Waals surface area (Å²) in [5.41, 5.74) is 2.31. The highest BCUT2D eigenvalue weighted by atomic mass is 32.2. The van der Waals surface area contributed by atoms with Crippen LogP contribution in [0, 0.1) is 5.92 Å². The van der Waals surface area contributed by atoms with Gasteiger partial charge in [-0.05, 0) is 36.8 Å². The summed E-state index contributed by atoms with van der Waals surface area (Å²) < 4.78 is 12.7. The zero-order valence-corrected chi connectivity index (χ0v) is 19.5. The SMILES string of the molecule is O=C(OCc1ccccc1)N1CCC[C@H]1[C@H]1CSC(c2ccccc2)(C2CCCCC2)O1. The van der Waals surface area contributed by atoms with Crippen molar-refractivity contribution in [2.45, 2.75) is 68.6 Å². The Morgan fingerprint density at radius 2 is 1.69 bits per heavy atom. The second kappa shape index (κ2) is 9.88. The topological polar surface area (TPSA) is 38.8 Å². The van der Waals surface area contributed by atoms with Gasteiger partial charge in [0.1, 0.15) is 11.5 Å². The number of benzene rings is 2. The maximum absolute atomic E-state index is 13.0. The standard InChI is InChI=1S/C27H33NO3S/c29-26(30-19-21-11-4-1-5-12-21)28-18-10-17-24(28)25-20-32-27(31-25,22-13-6-2-7-14-22)23-15-8-3-9-16-23/h1-2,4-7,11-14,23-25H,3,8-10,15-20H2/t24-,25+,27?/m0/s1. The summed E-state index contributed by atoms with van der Waals surface area (Å²) in [6, 6.07) is 20.8. The molecule has 3 fully saturated rings. The molecule has 2 aliphatic heterocycles. The first-order valence-corrected chi connectivity index (χ1v) is 13.1. The summed E-state index contributed by atoms with van der Waals surface area (Å²) in [5, 5.41) is 0. The van der Waals surface area contributed by atoms with Gasteiger partial charge in [0.15, 0.2) is 0 Å². The van der Waals surface area contributed by atoms with Gasteiger partial charge in [0.05, 0.1) is 12.1 Å². The van der Waals surface area contributed by atoms with Crippen LogP contribution in [0.2, 0.25) is 0 Å². The van der Waals surface area contributed by atoms with Crippen LogP contribution in [0.1, 0.15) is 56.1 Å². The van der Waals surface area contributed by atoms with Crippen molar-refractivity contribution < 1.29 is 14.3 Å². The lowest BCUT2D eigenvalue weighted by molar-refractivity contribution is -0.0791. The molecule has 2 aromatic rings. The molecule has 1 unspecified atom stereocenters. The average Bonchev–Trinajstić information content (AvgIpc) is 3.53. The number of likely N-dealkylation sites (tertiary alicyclic amines) is 1. The summed E-state index contributed by atoms with van der Waals surface area (Å²) in [5.74, 6) is 1.46. The van der Waals surface area contributed by atoms with Crippen molar-refractivity contribution in [1.82, 2.24) is 4.90 Å². The van der Waals surface area contributed by atoms with Gasteiger partial charge in [-0.1, -0.05) is 79.9 Å². The maximum atomic E-state index is 13.0. The Bertz CT molecular complexity index is 886. The maximum Gasteiger partial charge on any atom is 0.410 e. The zero-order valence-electron chi connectivity index (χ0n) is 18.7. The molecule has 1 amide bonds. The molecule has 0 radical (unpaired) electrons. The van der Waals surface area contributed by atoms with E-state index in [0.717, 1.165) is 30.7 Å². The normalized spacial score (nSPS) is 28.7. The highest BCUT2D eigenvalue weighted by Crippen LogP contribution is 2.55. The van der Waals surface area contributed by atoms with Crippen molar-refractivity contribution in [3.63, 3.8) is 0 Å². The van der Waals surface area contributed by atoms with E-state index in [2.05, 4.69) is 30.3 Å². The van der Waals surface area contributed by atoms with Crippen molar-refractivity contribution in [1.29, 1.82) is 0 Å². The molecule has 170 valence electrons. The van der Waals surface area contributed by atoms with E-state index in [9.17, 15) is 4.79 Å². The van der Waals surface area contributed by atoms with Gasteiger partial charge in [-0.3, -0.25) is 0 Å². The second-order valence-corrected chi connectivity index (χ2v) is 10.5. The van der Waals surface area contributed by atoms with Crippen LogP contribution in [-0.4, -0.2) is 35.4 Å². The number of carbonyl (C=O) groups is 1.